The Labute approximate surface area is 111 Å². The standard InChI is InChI=1S/C9H11N7O2S/c1-15-6-5(7(17)16(2)9(15)18)12-4(13-6)3-11-14-8(10)19/h3H,1-2H3,(H,12,13)(H3,10,14,19)/b11-3+. The van der Waals surface area contributed by atoms with Crippen LogP contribution in [0.3, 0.4) is 0 Å². The van der Waals surface area contributed by atoms with Crippen molar-refractivity contribution in [3.05, 3.63) is 26.7 Å². The Hall–Kier alpha value is -2.49. The van der Waals surface area contributed by atoms with E-state index in [2.05, 4.69) is 32.7 Å². The second-order valence-corrected chi connectivity index (χ2v) is 4.20. The number of imidazole rings is 1. The lowest BCUT2D eigenvalue weighted by atomic mass is 10.5. The second-order valence-electron chi connectivity index (χ2n) is 3.76. The first-order chi connectivity index (χ1) is 8.91. The smallest absolute Gasteiger partial charge is 0.332 e. The van der Waals surface area contributed by atoms with Gasteiger partial charge in [-0.1, -0.05) is 0 Å². The van der Waals surface area contributed by atoms with Gasteiger partial charge in [0.15, 0.2) is 16.6 Å². The third-order valence-corrected chi connectivity index (χ3v) is 2.57. The first-order valence-electron chi connectivity index (χ1n) is 5.16. The maximum Gasteiger partial charge on any atom is 0.332 e. The zero-order valence-electron chi connectivity index (χ0n) is 10.2. The summed E-state index contributed by atoms with van der Waals surface area (Å²) in [7, 11) is 2.92. The predicted octanol–water partition coefficient (Wildman–Crippen LogP) is -1.87. The van der Waals surface area contributed by atoms with Gasteiger partial charge in [-0.2, -0.15) is 5.10 Å². The van der Waals surface area contributed by atoms with Crippen LogP contribution in [0.15, 0.2) is 14.7 Å². The van der Waals surface area contributed by atoms with Crippen molar-refractivity contribution in [1.82, 2.24) is 24.5 Å². The molecule has 2 aromatic rings. The van der Waals surface area contributed by atoms with Crippen LogP contribution >= 0.6 is 12.2 Å². The molecule has 2 rings (SSSR count). The summed E-state index contributed by atoms with van der Waals surface area (Å²) >= 11 is 4.57. The van der Waals surface area contributed by atoms with Crippen molar-refractivity contribution in [3.63, 3.8) is 0 Å². The summed E-state index contributed by atoms with van der Waals surface area (Å²) in [6.07, 6.45) is 1.31. The molecule has 2 heterocycles. The minimum atomic E-state index is -0.451. The van der Waals surface area contributed by atoms with Crippen LogP contribution in [0.4, 0.5) is 0 Å². The molecule has 9 nitrogen and oxygen atoms in total. The summed E-state index contributed by atoms with van der Waals surface area (Å²) in [6.45, 7) is 0. The van der Waals surface area contributed by atoms with Crippen molar-refractivity contribution in [2.75, 3.05) is 0 Å². The number of rotatable bonds is 2. The summed E-state index contributed by atoms with van der Waals surface area (Å²) in [5, 5.41) is 3.72. The van der Waals surface area contributed by atoms with Gasteiger partial charge in [0.2, 0.25) is 0 Å². The Kier molecular flexibility index (Phi) is 3.17. The van der Waals surface area contributed by atoms with Gasteiger partial charge in [-0.25, -0.2) is 9.78 Å². The molecule has 0 bridgehead atoms. The first-order valence-corrected chi connectivity index (χ1v) is 5.57. The third kappa shape index (κ3) is 2.25. The Morgan fingerprint density at radius 3 is 2.79 bits per heavy atom. The summed E-state index contributed by atoms with van der Waals surface area (Å²) in [5.41, 5.74) is 7.13. The average Bonchev–Trinajstić information content (AvgIpc) is 2.77. The maximum absolute atomic E-state index is 11.9. The molecule has 0 radical (unpaired) electrons. The minimum absolute atomic E-state index is 0.00988. The number of hydrogen-bond donors (Lipinski definition) is 3. The Bertz CT molecular complexity index is 797. The topological polar surface area (TPSA) is 123 Å². The summed E-state index contributed by atoms with van der Waals surface area (Å²) in [4.78, 5) is 30.4. The van der Waals surface area contributed by atoms with Crippen LogP contribution in [0.2, 0.25) is 0 Å². The Morgan fingerprint density at radius 2 is 2.16 bits per heavy atom. The Morgan fingerprint density at radius 1 is 1.47 bits per heavy atom. The number of thiocarbonyl (C=S) groups is 1. The van der Waals surface area contributed by atoms with Gasteiger partial charge in [-0.15, -0.1) is 0 Å². The first kappa shape index (κ1) is 13.0. The predicted molar refractivity (Wildman–Crippen MR) is 74.1 cm³/mol. The number of fused-ring (bicyclic) bond motifs is 1. The van der Waals surface area contributed by atoms with Crippen LogP contribution in [-0.2, 0) is 14.1 Å². The molecule has 0 unspecified atom stereocenters. The van der Waals surface area contributed by atoms with Crippen LogP contribution in [0.1, 0.15) is 5.82 Å². The fourth-order valence-electron chi connectivity index (χ4n) is 1.56. The van der Waals surface area contributed by atoms with E-state index in [0.29, 0.717) is 5.82 Å². The van der Waals surface area contributed by atoms with E-state index in [4.69, 9.17) is 5.73 Å². The van der Waals surface area contributed by atoms with Crippen LogP contribution < -0.4 is 22.4 Å². The number of nitrogens with zero attached hydrogens (tertiary/aromatic N) is 4. The van der Waals surface area contributed by atoms with E-state index in [1.165, 1.54) is 24.9 Å². The molecule has 0 aliphatic rings. The fraction of sp³-hybridized carbons (Fsp3) is 0.222. The SMILES string of the molecule is Cn1c(=O)c2[nH]c(/C=N/NC(N)=S)nc2n(C)c1=O. The molecule has 10 heteroatoms. The third-order valence-electron chi connectivity index (χ3n) is 2.47. The van der Waals surface area contributed by atoms with E-state index in [1.807, 2.05) is 0 Å². The average molecular weight is 281 g/mol. The van der Waals surface area contributed by atoms with E-state index in [0.717, 1.165) is 4.57 Å². The molecular formula is C9H11N7O2S. The molecule has 19 heavy (non-hydrogen) atoms. The zero-order chi connectivity index (χ0) is 14.2. The number of aromatic amines is 1. The zero-order valence-corrected chi connectivity index (χ0v) is 11.0. The summed E-state index contributed by atoms with van der Waals surface area (Å²) < 4.78 is 2.26. The van der Waals surface area contributed by atoms with Crippen molar-refractivity contribution >= 4 is 34.7 Å². The number of hydrogen-bond acceptors (Lipinski definition) is 5. The van der Waals surface area contributed by atoms with Crippen LogP contribution in [0.5, 0.6) is 0 Å². The molecular weight excluding hydrogens is 270 g/mol. The highest BCUT2D eigenvalue weighted by atomic mass is 32.1. The van der Waals surface area contributed by atoms with Crippen molar-refractivity contribution in [1.29, 1.82) is 0 Å². The molecule has 4 N–H and O–H groups in total. The van der Waals surface area contributed by atoms with Gasteiger partial charge in [0, 0.05) is 14.1 Å². The van der Waals surface area contributed by atoms with E-state index in [1.54, 1.807) is 0 Å². The van der Waals surface area contributed by atoms with Gasteiger partial charge in [-0.3, -0.25) is 19.4 Å². The van der Waals surface area contributed by atoms with Crippen LogP contribution in [0, 0.1) is 0 Å². The van der Waals surface area contributed by atoms with E-state index < -0.39 is 11.2 Å². The van der Waals surface area contributed by atoms with Gasteiger partial charge < -0.3 is 10.7 Å². The quantitative estimate of drug-likeness (QED) is 0.336. The lowest BCUT2D eigenvalue weighted by Crippen LogP contribution is -2.36. The molecule has 0 amide bonds. The largest absolute Gasteiger partial charge is 0.375 e. The molecule has 2 aromatic heterocycles. The van der Waals surface area contributed by atoms with Crippen molar-refractivity contribution in [2.24, 2.45) is 24.9 Å². The monoisotopic (exact) mass is 281 g/mol. The van der Waals surface area contributed by atoms with E-state index in [9.17, 15) is 9.59 Å². The van der Waals surface area contributed by atoms with Gasteiger partial charge >= 0.3 is 5.69 Å². The molecule has 0 saturated heterocycles. The van der Waals surface area contributed by atoms with E-state index in [-0.39, 0.29) is 16.3 Å². The van der Waals surface area contributed by atoms with Gasteiger partial charge in [0.25, 0.3) is 5.56 Å². The molecule has 0 fully saturated rings. The lowest BCUT2D eigenvalue weighted by molar-refractivity contribution is 0.709. The molecule has 0 spiro atoms. The fourth-order valence-corrected chi connectivity index (χ4v) is 1.61. The van der Waals surface area contributed by atoms with E-state index >= 15 is 0 Å². The summed E-state index contributed by atoms with van der Waals surface area (Å²) in [6, 6.07) is 0. The van der Waals surface area contributed by atoms with Gasteiger partial charge in [0.1, 0.15) is 5.52 Å². The number of nitrogens with two attached hydrogens (primary N) is 1. The number of nitrogens with one attached hydrogen (secondary N) is 2. The van der Waals surface area contributed by atoms with Crippen LogP contribution in [0.25, 0.3) is 11.2 Å². The molecule has 100 valence electrons. The Balaban J connectivity index is 2.58. The second kappa shape index (κ2) is 4.65. The minimum Gasteiger partial charge on any atom is -0.375 e. The highest BCUT2D eigenvalue weighted by Gasteiger charge is 2.12. The normalized spacial score (nSPS) is 11.3. The summed E-state index contributed by atoms with van der Waals surface area (Å²) in [5.74, 6) is 0.303. The van der Waals surface area contributed by atoms with Gasteiger partial charge in [-0.05, 0) is 12.2 Å². The molecule has 0 aliphatic carbocycles. The highest BCUT2D eigenvalue weighted by Crippen LogP contribution is 2.02. The maximum atomic E-state index is 11.9. The molecule has 0 saturated carbocycles. The van der Waals surface area contributed by atoms with Crippen molar-refractivity contribution < 1.29 is 0 Å². The van der Waals surface area contributed by atoms with Crippen LogP contribution in [-0.4, -0.2) is 30.4 Å². The lowest BCUT2D eigenvalue weighted by Gasteiger charge is -2.00. The number of aromatic nitrogens is 4. The van der Waals surface area contributed by atoms with Crippen molar-refractivity contribution in [3.8, 4) is 0 Å². The number of H-pyrrole nitrogens is 1. The van der Waals surface area contributed by atoms with Crippen molar-refractivity contribution in [2.45, 2.75) is 0 Å². The highest BCUT2D eigenvalue weighted by molar-refractivity contribution is 7.80. The molecule has 0 atom stereocenters. The number of hydrazone groups is 1. The molecule has 0 aliphatic heterocycles. The van der Waals surface area contributed by atoms with Gasteiger partial charge in [0.05, 0.1) is 6.21 Å². The molecule has 0 aromatic carbocycles. The number of aryl methyl sites for hydroxylation is 1.